The fraction of sp³-hybridized carbons (Fsp3) is 0.176. The molecule has 3 rings (SSSR count). The van der Waals surface area contributed by atoms with E-state index in [1.165, 1.54) is 0 Å². The van der Waals surface area contributed by atoms with Crippen LogP contribution in [0.5, 0.6) is 11.5 Å². The maximum Gasteiger partial charge on any atom is 0.130 e. The van der Waals surface area contributed by atoms with Gasteiger partial charge in [-0.1, -0.05) is 12.1 Å². The zero-order valence-corrected chi connectivity index (χ0v) is 12.5. The highest BCUT2D eigenvalue weighted by Gasteiger charge is 2.12. The van der Waals surface area contributed by atoms with Crippen LogP contribution in [0.15, 0.2) is 49.2 Å². The van der Waals surface area contributed by atoms with Gasteiger partial charge in [0.2, 0.25) is 0 Å². The number of hydrogen-bond acceptors (Lipinski definition) is 4. The van der Waals surface area contributed by atoms with Gasteiger partial charge in [0.25, 0.3) is 0 Å². The second kappa shape index (κ2) is 6.30. The Balaban J connectivity index is 1.96. The van der Waals surface area contributed by atoms with Gasteiger partial charge in [0.15, 0.2) is 0 Å². The van der Waals surface area contributed by atoms with E-state index >= 15 is 0 Å². The molecule has 0 unspecified atom stereocenters. The van der Waals surface area contributed by atoms with Crippen LogP contribution in [0.3, 0.4) is 0 Å². The number of aromatic amines is 1. The van der Waals surface area contributed by atoms with Gasteiger partial charge in [0.05, 0.1) is 25.3 Å². The van der Waals surface area contributed by atoms with Gasteiger partial charge >= 0.3 is 0 Å². The van der Waals surface area contributed by atoms with Gasteiger partial charge in [-0.25, -0.2) is 4.98 Å². The Kier molecular flexibility index (Phi) is 4.05. The van der Waals surface area contributed by atoms with Crippen LogP contribution >= 0.6 is 0 Å². The highest BCUT2D eigenvalue weighted by molar-refractivity contribution is 5.75. The number of rotatable bonds is 5. The number of aromatic nitrogens is 3. The molecule has 0 saturated carbocycles. The minimum Gasteiger partial charge on any atom is -0.496 e. The monoisotopic (exact) mass is 295 g/mol. The van der Waals surface area contributed by atoms with Crippen LogP contribution in [-0.4, -0.2) is 22.1 Å². The average Bonchev–Trinajstić information content (AvgIpc) is 3.06. The minimum absolute atomic E-state index is 0.430. The highest BCUT2D eigenvalue weighted by atomic mass is 16.5. The first kappa shape index (κ1) is 14.1. The van der Waals surface area contributed by atoms with Crippen LogP contribution in [-0.2, 0) is 6.61 Å². The number of benzene rings is 1. The first-order valence-corrected chi connectivity index (χ1v) is 6.97. The van der Waals surface area contributed by atoms with Crippen molar-refractivity contribution in [1.29, 1.82) is 0 Å². The number of imidazole rings is 1. The molecule has 2 heterocycles. The molecule has 0 atom stereocenters. The van der Waals surface area contributed by atoms with Crippen molar-refractivity contribution in [2.45, 2.75) is 13.5 Å². The second-order valence-electron chi connectivity index (χ2n) is 4.94. The molecule has 2 aromatic heterocycles. The van der Waals surface area contributed by atoms with Crippen LogP contribution < -0.4 is 9.47 Å². The number of aryl methyl sites for hydroxylation is 1. The maximum absolute atomic E-state index is 5.96. The molecule has 112 valence electrons. The molecule has 1 aromatic carbocycles. The molecule has 0 fully saturated rings. The molecule has 0 radical (unpaired) electrons. The van der Waals surface area contributed by atoms with Gasteiger partial charge < -0.3 is 14.5 Å². The van der Waals surface area contributed by atoms with Crippen molar-refractivity contribution in [2.75, 3.05) is 7.11 Å². The van der Waals surface area contributed by atoms with Crippen LogP contribution in [0.1, 0.15) is 11.3 Å². The topological polar surface area (TPSA) is 60.0 Å². The molecule has 0 amide bonds. The summed E-state index contributed by atoms with van der Waals surface area (Å²) >= 11 is 0. The Bertz CT molecular complexity index is 754. The summed E-state index contributed by atoms with van der Waals surface area (Å²) in [6.45, 7) is 2.46. The van der Waals surface area contributed by atoms with Crippen molar-refractivity contribution in [3.05, 3.63) is 60.4 Å². The molecule has 5 heteroatoms. The molecule has 1 N–H and O–H groups in total. The van der Waals surface area contributed by atoms with Crippen LogP contribution in [0.2, 0.25) is 0 Å². The third-order valence-electron chi connectivity index (χ3n) is 3.37. The van der Waals surface area contributed by atoms with E-state index in [-0.39, 0.29) is 0 Å². The molecule has 0 aliphatic heterocycles. The van der Waals surface area contributed by atoms with Gasteiger partial charge in [0.1, 0.15) is 18.1 Å². The first-order valence-electron chi connectivity index (χ1n) is 6.97. The largest absolute Gasteiger partial charge is 0.496 e. The molecular weight excluding hydrogens is 278 g/mol. The summed E-state index contributed by atoms with van der Waals surface area (Å²) < 4.78 is 11.4. The summed E-state index contributed by atoms with van der Waals surface area (Å²) in [5, 5.41) is 0. The van der Waals surface area contributed by atoms with Gasteiger partial charge in [-0.2, -0.15) is 0 Å². The number of pyridine rings is 1. The average molecular weight is 295 g/mol. The zero-order valence-electron chi connectivity index (χ0n) is 12.5. The minimum atomic E-state index is 0.430. The molecule has 0 aliphatic carbocycles. The predicted molar refractivity (Wildman–Crippen MR) is 83.9 cm³/mol. The van der Waals surface area contributed by atoms with Crippen molar-refractivity contribution >= 4 is 0 Å². The van der Waals surface area contributed by atoms with E-state index in [9.17, 15) is 0 Å². The third-order valence-corrected chi connectivity index (χ3v) is 3.37. The van der Waals surface area contributed by atoms with Gasteiger partial charge in [-0.15, -0.1) is 0 Å². The van der Waals surface area contributed by atoms with Crippen LogP contribution in [0, 0.1) is 6.92 Å². The van der Waals surface area contributed by atoms with E-state index in [1.807, 2.05) is 31.2 Å². The quantitative estimate of drug-likeness (QED) is 0.784. The zero-order chi connectivity index (χ0) is 15.4. The summed E-state index contributed by atoms with van der Waals surface area (Å²) in [5.41, 5.74) is 3.91. The molecule has 0 aliphatic rings. The Morgan fingerprint density at radius 2 is 1.95 bits per heavy atom. The normalized spacial score (nSPS) is 10.5. The van der Waals surface area contributed by atoms with Crippen molar-refractivity contribution in [2.24, 2.45) is 0 Å². The van der Waals surface area contributed by atoms with Crippen molar-refractivity contribution < 1.29 is 9.47 Å². The molecular formula is C17H17N3O2. The molecule has 3 aromatic rings. The fourth-order valence-corrected chi connectivity index (χ4v) is 2.25. The molecule has 5 nitrogen and oxygen atoms in total. The Hall–Kier alpha value is -2.82. The number of ether oxygens (including phenoxy) is 2. The summed E-state index contributed by atoms with van der Waals surface area (Å²) in [5.74, 6) is 1.56. The number of nitrogens with one attached hydrogen (secondary N) is 1. The summed E-state index contributed by atoms with van der Waals surface area (Å²) in [4.78, 5) is 11.2. The van der Waals surface area contributed by atoms with Crippen molar-refractivity contribution in [3.8, 4) is 22.6 Å². The van der Waals surface area contributed by atoms with Crippen LogP contribution in [0.4, 0.5) is 0 Å². The number of nitrogens with zero attached hydrogens (tertiary/aromatic N) is 2. The van der Waals surface area contributed by atoms with E-state index < -0.39 is 0 Å². The smallest absolute Gasteiger partial charge is 0.130 e. The fourth-order valence-electron chi connectivity index (χ4n) is 2.25. The predicted octanol–water partition coefficient (Wildman–Crippen LogP) is 3.37. The lowest BCUT2D eigenvalue weighted by Gasteiger charge is -2.14. The van der Waals surface area contributed by atoms with Gasteiger partial charge in [-0.05, 0) is 24.6 Å². The van der Waals surface area contributed by atoms with E-state index in [4.69, 9.17) is 9.47 Å². The van der Waals surface area contributed by atoms with Crippen molar-refractivity contribution in [3.63, 3.8) is 0 Å². The van der Waals surface area contributed by atoms with E-state index in [0.29, 0.717) is 6.61 Å². The Labute approximate surface area is 129 Å². The Morgan fingerprint density at radius 1 is 1.05 bits per heavy atom. The van der Waals surface area contributed by atoms with E-state index in [0.717, 1.165) is 33.9 Å². The maximum atomic E-state index is 5.96. The van der Waals surface area contributed by atoms with Crippen molar-refractivity contribution in [1.82, 2.24) is 15.0 Å². The third kappa shape index (κ3) is 2.93. The number of H-pyrrole nitrogens is 1. The summed E-state index contributed by atoms with van der Waals surface area (Å²) in [6.07, 6.45) is 6.88. The molecule has 22 heavy (non-hydrogen) atoms. The summed E-state index contributed by atoms with van der Waals surface area (Å²) in [6, 6.07) is 7.92. The van der Waals surface area contributed by atoms with Gasteiger partial charge in [0, 0.05) is 23.5 Å². The highest BCUT2D eigenvalue weighted by Crippen LogP contribution is 2.36. The lowest BCUT2D eigenvalue weighted by molar-refractivity contribution is 0.303. The second-order valence-corrected chi connectivity index (χ2v) is 4.94. The first-order chi connectivity index (χ1) is 10.8. The number of methoxy groups -OCH3 is 1. The lowest BCUT2D eigenvalue weighted by Crippen LogP contribution is -1.98. The SMILES string of the molecule is COc1ccncc1-c1ccc(C)cc1OCc1cnc[nH]1. The number of hydrogen-bond donors (Lipinski definition) is 1. The summed E-state index contributed by atoms with van der Waals surface area (Å²) in [7, 11) is 1.65. The van der Waals surface area contributed by atoms with Crippen LogP contribution in [0.25, 0.3) is 11.1 Å². The molecule has 0 bridgehead atoms. The van der Waals surface area contributed by atoms with E-state index in [2.05, 4.69) is 15.0 Å². The molecule has 0 spiro atoms. The van der Waals surface area contributed by atoms with E-state index in [1.54, 1.807) is 32.0 Å². The standard InChI is InChI=1S/C17H17N3O2/c1-12-3-4-14(15-9-18-6-5-16(15)21-2)17(7-12)22-10-13-8-19-11-20-13/h3-9,11H,10H2,1-2H3,(H,19,20). The lowest BCUT2D eigenvalue weighted by atomic mass is 10.0. The Morgan fingerprint density at radius 3 is 2.73 bits per heavy atom. The van der Waals surface area contributed by atoms with Gasteiger partial charge in [-0.3, -0.25) is 4.98 Å². The molecule has 0 saturated heterocycles.